The first kappa shape index (κ1) is 8.54. The minimum atomic E-state index is 0.575. The summed E-state index contributed by atoms with van der Waals surface area (Å²) in [4.78, 5) is 0. The Bertz CT molecular complexity index is 79.3. The first-order valence-electron chi connectivity index (χ1n) is 4.11. The maximum Gasteiger partial charge on any atom is 0.0575 e. The van der Waals surface area contributed by atoms with E-state index < -0.39 is 0 Å². The van der Waals surface area contributed by atoms with Crippen LogP contribution in [0.3, 0.4) is 0 Å². The Hall–Kier alpha value is 0.440. The number of alkyl halides is 1. The van der Waals surface area contributed by atoms with Crippen LogP contribution in [0.25, 0.3) is 0 Å². The van der Waals surface area contributed by atoms with Gasteiger partial charge in [-0.05, 0) is 32.1 Å². The molecule has 0 aromatic heterocycles. The quantitative estimate of drug-likeness (QED) is 0.646. The van der Waals surface area contributed by atoms with Crippen LogP contribution < -0.4 is 0 Å². The summed E-state index contributed by atoms with van der Waals surface area (Å²) in [5.74, 6) is 0. The molecule has 1 heterocycles. The normalized spacial score (nSPS) is 26.7. The predicted molar refractivity (Wildman–Crippen MR) is 46.6 cm³/mol. The van der Waals surface area contributed by atoms with E-state index in [1.54, 1.807) is 0 Å². The summed E-state index contributed by atoms with van der Waals surface area (Å²) in [5, 5.41) is 1.12. The van der Waals surface area contributed by atoms with E-state index in [9.17, 15) is 0 Å². The first-order chi connectivity index (χ1) is 4.93. The largest absolute Gasteiger partial charge is 0.378 e. The summed E-state index contributed by atoms with van der Waals surface area (Å²) in [6, 6.07) is 0. The van der Waals surface area contributed by atoms with E-state index in [0.717, 1.165) is 11.9 Å². The van der Waals surface area contributed by atoms with Gasteiger partial charge in [0.2, 0.25) is 0 Å². The van der Waals surface area contributed by atoms with Crippen molar-refractivity contribution in [1.82, 2.24) is 0 Å². The van der Waals surface area contributed by atoms with Gasteiger partial charge in [0.05, 0.1) is 6.10 Å². The van der Waals surface area contributed by atoms with E-state index in [4.69, 9.17) is 4.74 Å². The highest BCUT2D eigenvalue weighted by Crippen LogP contribution is 2.16. The molecule has 0 aromatic carbocycles. The van der Waals surface area contributed by atoms with Gasteiger partial charge in [0.1, 0.15) is 0 Å². The summed E-state index contributed by atoms with van der Waals surface area (Å²) in [7, 11) is 0. The molecule has 1 fully saturated rings. The monoisotopic (exact) mass is 206 g/mol. The second-order valence-corrected chi connectivity index (χ2v) is 3.61. The summed E-state index contributed by atoms with van der Waals surface area (Å²) >= 11 is 3.42. The highest BCUT2D eigenvalue weighted by atomic mass is 79.9. The number of hydrogen-bond donors (Lipinski definition) is 0. The van der Waals surface area contributed by atoms with E-state index in [2.05, 4.69) is 15.9 Å². The molecule has 1 nitrogen and oxygen atoms in total. The van der Waals surface area contributed by atoms with Crippen molar-refractivity contribution in [2.45, 2.75) is 38.2 Å². The fourth-order valence-corrected chi connectivity index (χ4v) is 1.66. The molecule has 0 spiro atoms. The molecule has 1 saturated heterocycles. The molecule has 0 amide bonds. The fraction of sp³-hybridized carbons (Fsp3) is 1.00. The Morgan fingerprint density at radius 1 is 1.40 bits per heavy atom. The first-order valence-corrected chi connectivity index (χ1v) is 5.23. The lowest BCUT2D eigenvalue weighted by Gasteiger charge is -2.21. The van der Waals surface area contributed by atoms with Crippen LogP contribution in [0.5, 0.6) is 0 Å². The van der Waals surface area contributed by atoms with Gasteiger partial charge in [-0.1, -0.05) is 15.9 Å². The number of hydrogen-bond acceptors (Lipinski definition) is 1. The Kier molecular flexibility index (Phi) is 4.39. The van der Waals surface area contributed by atoms with Gasteiger partial charge in [0, 0.05) is 11.9 Å². The molecular formula is C8H15BrO. The van der Waals surface area contributed by atoms with Gasteiger partial charge in [0.25, 0.3) is 0 Å². The second-order valence-electron chi connectivity index (χ2n) is 2.82. The molecule has 0 unspecified atom stereocenters. The molecular weight excluding hydrogens is 192 g/mol. The lowest BCUT2D eigenvalue weighted by molar-refractivity contribution is 0.0111. The van der Waals surface area contributed by atoms with Crippen molar-refractivity contribution in [3.8, 4) is 0 Å². The Labute approximate surface area is 71.3 Å². The van der Waals surface area contributed by atoms with Crippen LogP contribution >= 0.6 is 15.9 Å². The van der Waals surface area contributed by atoms with E-state index in [0.29, 0.717) is 6.10 Å². The van der Waals surface area contributed by atoms with Gasteiger partial charge in [-0.15, -0.1) is 0 Å². The lowest BCUT2D eigenvalue weighted by atomic mass is 10.1. The summed E-state index contributed by atoms with van der Waals surface area (Å²) in [5.41, 5.74) is 0. The number of halogens is 1. The maximum absolute atomic E-state index is 5.56. The van der Waals surface area contributed by atoms with Gasteiger partial charge >= 0.3 is 0 Å². The van der Waals surface area contributed by atoms with E-state index in [1.165, 1.54) is 32.1 Å². The highest BCUT2D eigenvalue weighted by molar-refractivity contribution is 9.09. The fourth-order valence-electron chi connectivity index (χ4n) is 1.34. The Morgan fingerprint density at radius 3 is 2.90 bits per heavy atom. The van der Waals surface area contributed by atoms with Gasteiger partial charge in [-0.3, -0.25) is 0 Å². The van der Waals surface area contributed by atoms with Crippen LogP contribution in [0, 0.1) is 0 Å². The van der Waals surface area contributed by atoms with Crippen molar-refractivity contribution in [2.24, 2.45) is 0 Å². The van der Waals surface area contributed by atoms with Gasteiger partial charge < -0.3 is 4.74 Å². The molecule has 0 N–H and O–H groups in total. The zero-order chi connectivity index (χ0) is 7.23. The predicted octanol–water partition coefficient (Wildman–Crippen LogP) is 2.73. The van der Waals surface area contributed by atoms with E-state index in [-0.39, 0.29) is 0 Å². The number of ether oxygens (including phenoxy) is 1. The van der Waals surface area contributed by atoms with Crippen LogP contribution in [-0.4, -0.2) is 18.0 Å². The van der Waals surface area contributed by atoms with Crippen LogP contribution in [0.1, 0.15) is 32.1 Å². The van der Waals surface area contributed by atoms with Gasteiger partial charge in [-0.25, -0.2) is 0 Å². The molecule has 10 heavy (non-hydrogen) atoms. The zero-order valence-electron chi connectivity index (χ0n) is 6.31. The zero-order valence-corrected chi connectivity index (χ0v) is 7.90. The summed E-state index contributed by atoms with van der Waals surface area (Å²) < 4.78 is 5.56. The summed E-state index contributed by atoms with van der Waals surface area (Å²) in [6.07, 6.45) is 6.99. The van der Waals surface area contributed by atoms with Crippen molar-refractivity contribution in [2.75, 3.05) is 11.9 Å². The molecule has 2 heteroatoms. The smallest absolute Gasteiger partial charge is 0.0575 e. The molecule has 0 saturated carbocycles. The minimum Gasteiger partial charge on any atom is -0.378 e. The van der Waals surface area contributed by atoms with Crippen molar-refractivity contribution >= 4 is 15.9 Å². The van der Waals surface area contributed by atoms with Crippen LogP contribution in [0.2, 0.25) is 0 Å². The van der Waals surface area contributed by atoms with Crippen LogP contribution in [-0.2, 0) is 4.74 Å². The topological polar surface area (TPSA) is 9.23 Å². The second kappa shape index (κ2) is 5.14. The van der Waals surface area contributed by atoms with Crippen molar-refractivity contribution < 1.29 is 4.74 Å². The maximum atomic E-state index is 5.56. The van der Waals surface area contributed by atoms with Crippen molar-refractivity contribution in [1.29, 1.82) is 0 Å². The highest BCUT2D eigenvalue weighted by Gasteiger charge is 2.12. The van der Waals surface area contributed by atoms with Gasteiger partial charge in [0.15, 0.2) is 0 Å². The summed E-state index contributed by atoms with van der Waals surface area (Å²) in [6.45, 7) is 0.993. The third-order valence-corrected chi connectivity index (χ3v) is 2.49. The standard InChI is InChI=1S/C8H15BrO/c9-6-3-5-8-4-1-2-7-10-8/h8H,1-7H2/t8-/m1/s1. The molecule has 60 valence electrons. The Balaban J connectivity index is 2.02. The molecule has 1 aliphatic rings. The average Bonchev–Trinajstić information content (AvgIpc) is 2.03. The molecule has 1 aliphatic heterocycles. The third-order valence-electron chi connectivity index (χ3n) is 1.93. The minimum absolute atomic E-state index is 0.575. The molecule has 0 aliphatic carbocycles. The molecule has 1 atom stereocenters. The van der Waals surface area contributed by atoms with E-state index >= 15 is 0 Å². The molecule has 1 rings (SSSR count). The van der Waals surface area contributed by atoms with E-state index in [1.807, 2.05) is 0 Å². The Morgan fingerprint density at radius 2 is 2.30 bits per heavy atom. The van der Waals surface area contributed by atoms with Crippen molar-refractivity contribution in [3.63, 3.8) is 0 Å². The molecule has 0 aromatic rings. The van der Waals surface area contributed by atoms with Gasteiger partial charge in [-0.2, -0.15) is 0 Å². The number of rotatable bonds is 3. The molecule has 0 radical (unpaired) electrons. The SMILES string of the molecule is BrCCC[C@H]1CCCCO1. The molecule has 0 bridgehead atoms. The third kappa shape index (κ3) is 3.02. The average molecular weight is 207 g/mol. The van der Waals surface area contributed by atoms with Crippen LogP contribution in [0.4, 0.5) is 0 Å². The lowest BCUT2D eigenvalue weighted by Crippen LogP contribution is -2.18. The van der Waals surface area contributed by atoms with Crippen molar-refractivity contribution in [3.05, 3.63) is 0 Å². The van der Waals surface area contributed by atoms with Crippen LogP contribution in [0.15, 0.2) is 0 Å².